The summed E-state index contributed by atoms with van der Waals surface area (Å²) in [5, 5.41) is 9.40. The first-order valence-corrected chi connectivity index (χ1v) is 11.3. The minimum Gasteiger partial charge on any atom is -0.497 e. The monoisotopic (exact) mass is 466 g/mol. The largest absolute Gasteiger partial charge is 0.497 e. The van der Waals surface area contributed by atoms with Gasteiger partial charge in [0.15, 0.2) is 5.78 Å². The molecule has 0 amide bonds. The molecule has 2 aliphatic heterocycles. The van der Waals surface area contributed by atoms with Gasteiger partial charge in [0.05, 0.1) is 36.8 Å². The Labute approximate surface area is 205 Å². The number of benzene rings is 3. The van der Waals surface area contributed by atoms with Gasteiger partial charge >= 0.3 is 0 Å². The molecule has 0 fully saturated rings. The maximum absolute atomic E-state index is 13.3. The Morgan fingerprint density at radius 3 is 2.54 bits per heavy atom. The van der Waals surface area contributed by atoms with Gasteiger partial charge in [0.1, 0.15) is 17.2 Å². The molecule has 0 aromatic heterocycles. The quantitative estimate of drug-likeness (QED) is 0.484. The van der Waals surface area contributed by atoms with E-state index in [9.17, 15) is 10.1 Å². The molecule has 0 bridgehead atoms. The van der Waals surface area contributed by atoms with Crippen LogP contribution in [0.3, 0.4) is 0 Å². The van der Waals surface area contributed by atoms with Crippen LogP contribution in [-0.2, 0) is 5.41 Å². The lowest BCUT2D eigenvalue weighted by molar-refractivity contribution is 0.0581. The predicted octanol–water partition coefficient (Wildman–Crippen LogP) is 5.34. The van der Waals surface area contributed by atoms with Crippen LogP contribution in [0.1, 0.15) is 46.5 Å². The zero-order valence-electron chi connectivity index (χ0n) is 20.4. The van der Waals surface area contributed by atoms with Gasteiger partial charge in [-0.3, -0.25) is 4.79 Å². The number of nitrogens with zero attached hydrogens (tertiary/aromatic N) is 2. The molecule has 0 radical (unpaired) electrons. The third-order valence-electron chi connectivity index (χ3n) is 7.23. The van der Waals surface area contributed by atoms with Crippen molar-refractivity contribution in [3.05, 3.63) is 88.5 Å². The second-order valence-corrected chi connectivity index (χ2v) is 9.31. The van der Waals surface area contributed by atoms with Crippen molar-refractivity contribution in [3.63, 3.8) is 0 Å². The van der Waals surface area contributed by atoms with Crippen LogP contribution in [0.15, 0.2) is 60.7 Å². The van der Waals surface area contributed by atoms with Gasteiger partial charge in [-0.1, -0.05) is 0 Å². The first-order chi connectivity index (χ1) is 16.8. The number of fused-ring (bicyclic) bond motifs is 2. The molecule has 0 aliphatic carbocycles. The van der Waals surface area contributed by atoms with Crippen LogP contribution in [-0.4, -0.2) is 32.8 Å². The van der Waals surface area contributed by atoms with Gasteiger partial charge in [-0.15, -0.1) is 0 Å². The maximum Gasteiger partial charge on any atom is 0.211 e. The Kier molecular flexibility index (Phi) is 5.10. The minimum absolute atomic E-state index is 0.143. The highest BCUT2D eigenvalue weighted by Crippen LogP contribution is 2.54. The van der Waals surface area contributed by atoms with E-state index in [1.165, 1.54) is 7.11 Å². The van der Waals surface area contributed by atoms with E-state index in [1.54, 1.807) is 31.4 Å². The third-order valence-corrected chi connectivity index (χ3v) is 7.23. The lowest BCUT2D eigenvalue weighted by Gasteiger charge is -2.45. The molecule has 1 unspecified atom stereocenters. The third kappa shape index (κ3) is 3.19. The van der Waals surface area contributed by atoms with Crippen LogP contribution in [0.4, 0.5) is 5.69 Å². The normalized spacial score (nSPS) is 18.9. The fourth-order valence-corrected chi connectivity index (χ4v) is 5.16. The molecule has 2 aliphatic rings. The summed E-state index contributed by atoms with van der Waals surface area (Å²) in [5.41, 5.74) is 3.35. The van der Waals surface area contributed by atoms with E-state index in [0.717, 1.165) is 16.8 Å². The number of nitriles is 1. The Balaban J connectivity index is 1.51. The van der Waals surface area contributed by atoms with Crippen molar-refractivity contribution >= 4 is 17.5 Å². The van der Waals surface area contributed by atoms with Crippen LogP contribution >= 0.6 is 0 Å². The van der Waals surface area contributed by atoms with Gasteiger partial charge in [-0.2, -0.15) is 5.26 Å². The maximum atomic E-state index is 13.3. The van der Waals surface area contributed by atoms with E-state index in [-0.39, 0.29) is 5.78 Å². The summed E-state index contributed by atoms with van der Waals surface area (Å²) in [4.78, 5) is 15.4. The molecule has 5 rings (SSSR count). The van der Waals surface area contributed by atoms with E-state index in [0.29, 0.717) is 33.9 Å². The molecule has 6 nitrogen and oxygen atoms in total. The zero-order chi connectivity index (χ0) is 25.0. The van der Waals surface area contributed by atoms with Crippen LogP contribution in [0.25, 0.3) is 6.08 Å². The van der Waals surface area contributed by atoms with E-state index < -0.39 is 11.1 Å². The molecule has 0 saturated heterocycles. The fourth-order valence-electron chi connectivity index (χ4n) is 5.16. The van der Waals surface area contributed by atoms with Gasteiger partial charge in [0, 0.05) is 29.9 Å². The van der Waals surface area contributed by atoms with E-state index >= 15 is 0 Å². The highest BCUT2D eigenvalue weighted by molar-refractivity contribution is 6.11. The average Bonchev–Trinajstić information content (AvgIpc) is 3.05. The Morgan fingerprint density at radius 1 is 1.03 bits per heavy atom. The van der Waals surface area contributed by atoms with Gasteiger partial charge in [-0.25, -0.2) is 0 Å². The van der Waals surface area contributed by atoms with Crippen molar-refractivity contribution in [3.8, 4) is 23.3 Å². The number of hydrogen-bond acceptors (Lipinski definition) is 6. The summed E-state index contributed by atoms with van der Waals surface area (Å²) < 4.78 is 17.3. The molecule has 2 heterocycles. The molecule has 176 valence electrons. The summed E-state index contributed by atoms with van der Waals surface area (Å²) in [5.74, 6) is 1.63. The molecule has 1 atom stereocenters. The smallest absolute Gasteiger partial charge is 0.211 e. The second-order valence-electron chi connectivity index (χ2n) is 9.31. The van der Waals surface area contributed by atoms with Crippen LogP contribution in [0, 0.1) is 11.3 Å². The number of methoxy groups -OCH3 is 2. The SMILES string of the molecule is COc1ccc(C(=O)c2ccc3c(c2)C=CC2(O3)N(C)c3ccc(C#N)cc3C2(C)C)c(OC)c1. The lowest BCUT2D eigenvalue weighted by atomic mass is 9.76. The standard InChI is InChI=1S/C29H26N2O4/c1-28(2)23-14-18(17-30)6-10-24(23)31(3)29(28)13-12-19-15-20(7-11-25(19)35-29)27(32)22-9-8-21(33-4)16-26(22)34-5/h6-16H,1-5H3. The van der Waals surface area contributed by atoms with Crippen molar-refractivity contribution in [1.82, 2.24) is 0 Å². The van der Waals surface area contributed by atoms with Crippen molar-refractivity contribution in [2.45, 2.75) is 25.0 Å². The molecule has 6 heteroatoms. The summed E-state index contributed by atoms with van der Waals surface area (Å²) in [6.45, 7) is 4.25. The average molecular weight is 467 g/mol. The number of ether oxygens (including phenoxy) is 3. The van der Waals surface area contributed by atoms with Gasteiger partial charge < -0.3 is 19.1 Å². The van der Waals surface area contributed by atoms with Gasteiger partial charge in [-0.05, 0) is 80.1 Å². The fraction of sp³-hybridized carbons (Fsp3) is 0.241. The molecular weight excluding hydrogens is 440 g/mol. The first kappa shape index (κ1) is 22.5. The number of rotatable bonds is 4. The number of carbonyl (C=O) groups is 1. The Bertz CT molecular complexity index is 1430. The van der Waals surface area contributed by atoms with Gasteiger partial charge in [0.25, 0.3) is 0 Å². The molecule has 1 spiro atoms. The van der Waals surface area contributed by atoms with Crippen molar-refractivity contribution in [2.75, 3.05) is 26.2 Å². The Morgan fingerprint density at radius 2 is 1.83 bits per heavy atom. The molecular formula is C29H26N2O4. The minimum atomic E-state index is -0.763. The highest BCUT2D eigenvalue weighted by Gasteiger charge is 2.57. The first-order valence-electron chi connectivity index (χ1n) is 11.3. The van der Waals surface area contributed by atoms with Crippen molar-refractivity contribution in [2.24, 2.45) is 0 Å². The zero-order valence-corrected chi connectivity index (χ0v) is 20.4. The summed E-state index contributed by atoms with van der Waals surface area (Å²) >= 11 is 0. The summed E-state index contributed by atoms with van der Waals surface area (Å²) in [7, 11) is 5.11. The lowest BCUT2D eigenvalue weighted by Crippen LogP contribution is -2.58. The summed E-state index contributed by atoms with van der Waals surface area (Å²) in [6.07, 6.45) is 4.06. The van der Waals surface area contributed by atoms with Crippen LogP contribution in [0.5, 0.6) is 17.2 Å². The number of carbonyl (C=O) groups excluding carboxylic acids is 1. The van der Waals surface area contributed by atoms with E-state index in [2.05, 4.69) is 24.8 Å². The van der Waals surface area contributed by atoms with E-state index in [4.69, 9.17) is 14.2 Å². The molecule has 3 aromatic rings. The molecule has 0 saturated carbocycles. The van der Waals surface area contributed by atoms with Crippen molar-refractivity contribution in [1.29, 1.82) is 5.26 Å². The van der Waals surface area contributed by atoms with Gasteiger partial charge in [0.2, 0.25) is 5.72 Å². The number of hydrogen-bond donors (Lipinski definition) is 0. The number of likely N-dealkylation sites (N-methyl/N-ethyl adjacent to an activating group) is 1. The highest BCUT2D eigenvalue weighted by atomic mass is 16.5. The number of anilines is 1. The molecule has 0 N–H and O–H groups in total. The molecule has 3 aromatic carbocycles. The predicted molar refractivity (Wildman–Crippen MR) is 134 cm³/mol. The summed E-state index contributed by atoms with van der Waals surface area (Å²) in [6, 6.07) is 18.6. The topological polar surface area (TPSA) is 71.8 Å². The van der Waals surface area contributed by atoms with Crippen molar-refractivity contribution < 1.29 is 19.0 Å². The molecule has 35 heavy (non-hydrogen) atoms. The van der Waals surface area contributed by atoms with Crippen LogP contribution < -0.4 is 19.1 Å². The Hall–Kier alpha value is -4.24. The van der Waals surface area contributed by atoms with E-state index in [1.807, 2.05) is 49.5 Å². The number of ketones is 1. The van der Waals surface area contributed by atoms with Crippen LogP contribution in [0.2, 0.25) is 0 Å². The second kappa shape index (κ2) is 7.92.